The molecule has 2 aliphatic rings. The third-order valence-electron chi connectivity index (χ3n) is 7.36. The lowest BCUT2D eigenvalue weighted by atomic mass is 9.76. The van der Waals surface area contributed by atoms with Crippen LogP contribution in [-0.4, -0.2) is 39.7 Å². The minimum Gasteiger partial charge on any atom is -0.356 e. The summed E-state index contributed by atoms with van der Waals surface area (Å²) in [7, 11) is 0. The number of aromatic amines is 1. The van der Waals surface area contributed by atoms with Crippen LogP contribution in [0.1, 0.15) is 35.2 Å². The molecule has 0 saturated carbocycles. The summed E-state index contributed by atoms with van der Waals surface area (Å²) in [6.45, 7) is 2.57. The molecule has 0 aliphatic carbocycles. The van der Waals surface area contributed by atoms with E-state index in [4.69, 9.17) is 23.2 Å². The van der Waals surface area contributed by atoms with Crippen molar-refractivity contribution in [1.82, 2.24) is 14.8 Å². The number of hydrogen-bond acceptors (Lipinski definition) is 2. The summed E-state index contributed by atoms with van der Waals surface area (Å²) in [5.41, 5.74) is 3.40. The van der Waals surface area contributed by atoms with Crippen molar-refractivity contribution in [1.29, 1.82) is 0 Å². The quantitative estimate of drug-likeness (QED) is 0.389. The van der Waals surface area contributed by atoms with Crippen LogP contribution in [-0.2, 0) is 21.7 Å². The fourth-order valence-electron chi connectivity index (χ4n) is 5.70. The van der Waals surface area contributed by atoms with Crippen LogP contribution < -0.4 is 0 Å². The Morgan fingerprint density at radius 1 is 1.00 bits per heavy atom. The van der Waals surface area contributed by atoms with Crippen LogP contribution in [0.4, 0.5) is 0 Å². The Hall–Kier alpha value is -3.28. The SMILES string of the molecule is C[C@]12C(=O)N(Cc3cccc(Cl)c3)CC(=O)N1CC(c1ccccc1Cl)c1c2[nH]c2ccccc12. The monoisotopic (exact) mass is 503 g/mol. The standard InChI is InChI=1S/C28H23Cl2N3O2/c1-28-26-25(20-10-3-5-12-23(20)31-26)21(19-9-2-4-11-22(19)30)15-33(28)24(34)16-32(27(28)35)14-17-7-6-8-18(29)13-17/h2-13,21,31H,14-16H2,1H3/t21?,28-/m0/s1. The van der Waals surface area contributed by atoms with Gasteiger partial charge in [-0.05, 0) is 47.9 Å². The van der Waals surface area contributed by atoms with E-state index in [9.17, 15) is 9.59 Å². The number of benzene rings is 3. The minimum atomic E-state index is -1.15. The molecule has 3 aromatic carbocycles. The average molecular weight is 504 g/mol. The summed E-state index contributed by atoms with van der Waals surface area (Å²) >= 11 is 12.8. The number of hydrogen-bond donors (Lipinski definition) is 1. The first kappa shape index (κ1) is 22.2. The Labute approximate surface area is 213 Å². The van der Waals surface area contributed by atoms with E-state index in [-0.39, 0.29) is 24.3 Å². The summed E-state index contributed by atoms with van der Waals surface area (Å²) in [5.74, 6) is -0.350. The second kappa shape index (κ2) is 8.14. The Bertz CT molecular complexity index is 1500. The Morgan fingerprint density at radius 2 is 1.77 bits per heavy atom. The van der Waals surface area contributed by atoms with Crippen molar-refractivity contribution in [2.45, 2.75) is 24.9 Å². The van der Waals surface area contributed by atoms with Crippen LogP contribution >= 0.6 is 23.2 Å². The smallest absolute Gasteiger partial charge is 0.255 e. The van der Waals surface area contributed by atoms with Gasteiger partial charge in [-0.25, -0.2) is 0 Å². The molecule has 2 amide bonds. The van der Waals surface area contributed by atoms with E-state index >= 15 is 0 Å². The van der Waals surface area contributed by atoms with E-state index in [1.165, 1.54) is 0 Å². The lowest BCUT2D eigenvalue weighted by Crippen LogP contribution is -2.67. The van der Waals surface area contributed by atoms with Gasteiger partial charge in [0, 0.05) is 40.0 Å². The molecule has 0 radical (unpaired) electrons. The highest BCUT2D eigenvalue weighted by atomic mass is 35.5. The molecule has 1 unspecified atom stereocenters. The molecule has 2 aliphatic heterocycles. The van der Waals surface area contributed by atoms with E-state index in [1.807, 2.05) is 67.6 Å². The number of H-pyrrole nitrogens is 1. The van der Waals surface area contributed by atoms with Crippen LogP contribution in [0.3, 0.4) is 0 Å². The van der Waals surface area contributed by atoms with E-state index in [0.717, 1.165) is 33.3 Å². The van der Waals surface area contributed by atoms with Gasteiger partial charge in [0.2, 0.25) is 5.91 Å². The topological polar surface area (TPSA) is 56.4 Å². The average Bonchev–Trinajstić information content (AvgIpc) is 3.24. The first-order chi connectivity index (χ1) is 16.9. The molecule has 1 N–H and O–H groups in total. The molecule has 0 spiro atoms. The Morgan fingerprint density at radius 3 is 2.57 bits per heavy atom. The number of rotatable bonds is 3. The summed E-state index contributed by atoms with van der Waals surface area (Å²) in [6.07, 6.45) is 0. The molecule has 7 heteroatoms. The zero-order valence-electron chi connectivity index (χ0n) is 19.1. The first-order valence-electron chi connectivity index (χ1n) is 11.6. The fourth-order valence-corrected chi connectivity index (χ4v) is 6.18. The zero-order valence-corrected chi connectivity index (χ0v) is 20.6. The number of para-hydroxylation sites is 1. The number of aromatic nitrogens is 1. The van der Waals surface area contributed by atoms with Gasteiger partial charge in [0.25, 0.3) is 5.91 Å². The Balaban J connectivity index is 1.52. The van der Waals surface area contributed by atoms with Crippen LogP contribution in [0.2, 0.25) is 10.0 Å². The predicted molar refractivity (Wildman–Crippen MR) is 138 cm³/mol. The molecule has 1 fully saturated rings. The number of carbonyl (C=O) groups excluding carboxylic acids is 2. The number of piperazine rings is 1. The summed E-state index contributed by atoms with van der Waals surface area (Å²) in [5, 5.41) is 2.29. The molecular weight excluding hydrogens is 481 g/mol. The molecule has 4 aromatic rings. The van der Waals surface area contributed by atoms with Gasteiger partial charge in [-0.3, -0.25) is 9.59 Å². The summed E-state index contributed by atoms with van der Waals surface area (Å²) < 4.78 is 0. The number of amides is 2. The lowest BCUT2D eigenvalue weighted by molar-refractivity contribution is -0.166. The number of fused-ring (bicyclic) bond motifs is 5. The van der Waals surface area contributed by atoms with Crippen LogP contribution in [0, 0.1) is 0 Å². The summed E-state index contributed by atoms with van der Waals surface area (Å²) in [4.78, 5) is 34.6. The second-order valence-electron chi connectivity index (χ2n) is 9.40. The maximum Gasteiger partial charge on any atom is 0.255 e. The molecular formula is C28H23Cl2N3O2. The second-order valence-corrected chi connectivity index (χ2v) is 10.2. The van der Waals surface area contributed by atoms with E-state index < -0.39 is 5.54 Å². The minimum absolute atomic E-state index is 0.0196. The largest absolute Gasteiger partial charge is 0.356 e. The number of nitrogens with zero attached hydrogens (tertiary/aromatic N) is 2. The highest BCUT2D eigenvalue weighted by Crippen LogP contribution is 2.49. The third kappa shape index (κ3) is 3.37. The first-order valence-corrected chi connectivity index (χ1v) is 12.3. The van der Waals surface area contributed by atoms with Gasteiger partial charge in [-0.2, -0.15) is 0 Å². The summed E-state index contributed by atoms with van der Waals surface area (Å²) in [6, 6.07) is 23.2. The van der Waals surface area contributed by atoms with Crippen molar-refractivity contribution in [2.24, 2.45) is 0 Å². The van der Waals surface area contributed by atoms with Crippen molar-refractivity contribution in [3.63, 3.8) is 0 Å². The van der Waals surface area contributed by atoms with Gasteiger partial charge in [-0.15, -0.1) is 0 Å². The zero-order chi connectivity index (χ0) is 24.3. The van der Waals surface area contributed by atoms with Gasteiger partial charge >= 0.3 is 0 Å². The molecule has 1 aromatic heterocycles. The molecule has 3 heterocycles. The normalized spacial score (nSPS) is 21.9. The van der Waals surface area contributed by atoms with Gasteiger partial charge in [0.15, 0.2) is 5.54 Å². The van der Waals surface area contributed by atoms with Crippen molar-refractivity contribution in [2.75, 3.05) is 13.1 Å². The predicted octanol–water partition coefficient (Wildman–Crippen LogP) is 5.71. The molecule has 35 heavy (non-hydrogen) atoms. The maximum atomic E-state index is 14.1. The van der Waals surface area contributed by atoms with Crippen molar-refractivity contribution >= 4 is 45.9 Å². The van der Waals surface area contributed by atoms with Gasteiger partial charge in [-0.1, -0.05) is 71.7 Å². The lowest BCUT2D eigenvalue weighted by Gasteiger charge is -2.51. The van der Waals surface area contributed by atoms with Crippen LogP contribution in [0.5, 0.6) is 0 Å². The third-order valence-corrected chi connectivity index (χ3v) is 7.94. The molecule has 5 nitrogen and oxygen atoms in total. The van der Waals surface area contributed by atoms with Crippen LogP contribution in [0.15, 0.2) is 72.8 Å². The fraction of sp³-hybridized carbons (Fsp3) is 0.214. The molecule has 2 atom stereocenters. The number of nitrogens with one attached hydrogen (secondary N) is 1. The molecule has 1 saturated heterocycles. The number of halogens is 2. The highest BCUT2D eigenvalue weighted by Gasteiger charge is 2.56. The molecule has 176 valence electrons. The molecule has 6 rings (SSSR count). The van der Waals surface area contributed by atoms with Crippen molar-refractivity contribution in [3.8, 4) is 0 Å². The van der Waals surface area contributed by atoms with Gasteiger partial charge < -0.3 is 14.8 Å². The van der Waals surface area contributed by atoms with Crippen molar-refractivity contribution in [3.05, 3.63) is 105 Å². The molecule has 0 bridgehead atoms. The van der Waals surface area contributed by atoms with E-state index in [1.54, 1.807) is 15.9 Å². The van der Waals surface area contributed by atoms with Crippen molar-refractivity contribution < 1.29 is 9.59 Å². The van der Waals surface area contributed by atoms with E-state index in [2.05, 4.69) is 11.1 Å². The Kier molecular flexibility index (Phi) is 5.17. The maximum absolute atomic E-state index is 14.1. The highest BCUT2D eigenvalue weighted by molar-refractivity contribution is 6.31. The van der Waals surface area contributed by atoms with Crippen LogP contribution in [0.25, 0.3) is 10.9 Å². The van der Waals surface area contributed by atoms with Gasteiger partial charge in [0.05, 0.1) is 5.69 Å². The number of carbonyl (C=O) groups is 2. The van der Waals surface area contributed by atoms with Gasteiger partial charge in [0.1, 0.15) is 6.54 Å². The van der Waals surface area contributed by atoms with E-state index in [0.29, 0.717) is 23.1 Å².